The van der Waals surface area contributed by atoms with E-state index in [1.165, 1.54) is 0 Å². The molecule has 0 aliphatic rings. The van der Waals surface area contributed by atoms with E-state index in [1.54, 1.807) is 12.1 Å². The summed E-state index contributed by atoms with van der Waals surface area (Å²) in [5, 5.41) is 13.0. The zero-order valence-electron chi connectivity index (χ0n) is 15.6. The maximum atomic E-state index is 8.70. The first-order chi connectivity index (χ1) is 13.5. The van der Waals surface area contributed by atoms with E-state index in [0.717, 1.165) is 15.6 Å². The van der Waals surface area contributed by atoms with Crippen LogP contribution in [0.3, 0.4) is 0 Å². The van der Waals surface area contributed by atoms with Crippen molar-refractivity contribution in [3.8, 4) is 11.5 Å². The van der Waals surface area contributed by atoms with E-state index in [-0.39, 0.29) is 6.61 Å². The minimum absolute atomic E-state index is 0.0347. The van der Waals surface area contributed by atoms with E-state index in [9.17, 15) is 0 Å². The highest BCUT2D eigenvalue weighted by Crippen LogP contribution is 2.34. The number of hydrogen-bond acceptors (Lipinski definition) is 5. The fourth-order valence-electron chi connectivity index (χ4n) is 2.42. The molecule has 28 heavy (non-hydrogen) atoms. The molecule has 2 N–H and O–H groups in total. The summed E-state index contributed by atoms with van der Waals surface area (Å²) < 4.78 is 17.9. The van der Waals surface area contributed by atoms with E-state index >= 15 is 0 Å². The molecule has 154 valence electrons. The van der Waals surface area contributed by atoms with Gasteiger partial charge < -0.3 is 24.6 Å². The summed E-state index contributed by atoms with van der Waals surface area (Å²) in [7, 11) is 0. The van der Waals surface area contributed by atoms with Crippen molar-refractivity contribution in [3.63, 3.8) is 0 Å². The van der Waals surface area contributed by atoms with Crippen LogP contribution in [0.4, 0.5) is 0 Å². The van der Waals surface area contributed by atoms with Gasteiger partial charge in [0, 0.05) is 17.6 Å². The van der Waals surface area contributed by atoms with Gasteiger partial charge in [-0.1, -0.05) is 45.2 Å². The van der Waals surface area contributed by atoms with Gasteiger partial charge in [0.05, 0.1) is 36.5 Å². The van der Waals surface area contributed by atoms with Crippen molar-refractivity contribution in [1.29, 1.82) is 0 Å². The molecule has 2 aromatic rings. The van der Waals surface area contributed by atoms with Gasteiger partial charge in [-0.15, -0.1) is 0 Å². The summed E-state index contributed by atoms with van der Waals surface area (Å²) in [5.41, 5.74) is 1.97. The van der Waals surface area contributed by atoms with E-state index < -0.39 is 0 Å². The van der Waals surface area contributed by atoms with Crippen LogP contribution in [0.25, 0.3) is 0 Å². The van der Waals surface area contributed by atoms with Crippen molar-refractivity contribution in [2.75, 3.05) is 33.0 Å². The third-order valence-corrected chi connectivity index (χ3v) is 5.24. The SMILES string of the molecule is CCOc1cc(CNCCOCCO)c(Br)cc1OCc1ccc(Cl)c(Cl)c1. The molecule has 0 saturated heterocycles. The van der Waals surface area contributed by atoms with Gasteiger partial charge in [-0.25, -0.2) is 0 Å². The van der Waals surface area contributed by atoms with Gasteiger partial charge in [0.15, 0.2) is 11.5 Å². The molecule has 0 aliphatic carbocycles. The van der Waals surface area contributed by atoms with Crippen molar-refractivity contribution in [3.05, 3.63) is 56.0 Å². The second-order valence-corrected chi connectivity index (χ2v) is 7.54. The summed E-state index contributed by atoms with van der Waals surface area (Å²) in [6, 6.07) is 9.28. The largest absolute Gasteiger partial charge is 0.490 e. The number of rotatable bonds is 12. The van der Waals surface area contributed by atoms with E-state index in [1.807, 2.05) is 25.1 Å². The number of halogens is 3. The molecule has 0 bridgehead atoms. The molecule has 2 rings (SSSR count). The lowest BCUT2D eigenvalue weighted by molar-refractivity contribution is 0.0938. The first kappa shape index (κ1) is 23.3. The molecule has 0 saturated carbocycles. The molecule has 2 aromatic carbocycles. The lowest BCUT2D eigenvalue weighted by Gasteiger charge is -2.16. The van der Waals surface area contributed by atoms with Gasteiger partial charge in [-0.2, -0.15) is 0 Å². The topological polar surface area (TPSA) is 60.0 Å². The van der Waals surface area contributed by atoms with Gasteiger partial charge in [0.1, 0.15) is 6.61 Å². The zero-order valence-corrected chi connectivity index (χ0v) is 18.7. The Kier molecular flexibility index (Phi) is 10.4. The van der Waals surface area contributed by atoms with E-state index in [0.29, 0.717) is 61.1 Å². The predicted octanol–water partition coefficient (Wildman–Crippen LogP) is 4.83. The molecule has 0 radical (unpaired) electrons. The molecule has 5 nitrogen and oxygen atoms in total. The molecule has 0 spiro atoms. The quantitative estimate of drug-likeness (QED) is 0.415. The lowest BCUT2D eigenvalue weighted by atomic mass is 10.2. The van der Waals surface area contributed by atoms with Crippen molar-refractivity contribution < 1.29 is 19.3 Å². The monoisotopic (exact) mass is 491 g/mol. The Morgan fingerprint density at radius 3 is 2.54 bits per heavy atom. The average molecular weight is 493 g/mol. The maximum absolute atomic E-state index is 8.70. The average Bonchev–Trinajstić information content (AvgIpc) is 2.68. The van der Waals surface area contributed by atoms with Crippen LogP contribution in [0.5, 0.6) is 11.5 Å². The summed E-state index contributed by atoms with van der Waals surface area (Å²) in [6.07, 6.45) is 0. The number of aliphatic hydroxyl groups is 1. The van der Waals surface area contributed by atoms with E-state index in [2.05, 4.69) is 21.2 Å². The number of nitrogens with one attached hydrogen (secondary N) is 1. The third-order valence-electron chi connectivity index (χ3n) is 3.77. The molecular formula is C20H24BrCl2NO4. The van der Waals surface area contributed by atoms with Gasteiger partial charge in [0.25, 0.3) is 0 Å². The van der Waals surface area contributed by atoms with Crippen LogP contribution >= 0.6 is 39.1 Å². The number of ether oxygens (including phenoxy) is 3. The molecule has 0 unspecified atom stereocenters. The third kappa shape index (κ3) is 7.43. The van der Waals surface area contributed by atoms with Crippen LogP contribution in [-0.2, 0) is 17.9 Å². The number of aliphatic hydroxyl groups excluding tert-OH is 1. The van der Waals surface area contributed by atoms with E-state index in [4.69, 9.17) is 42.5 Å². The van der Waals surface area contributed by atoms with Crippen molar-refractivity contribution in [1.82, 2.24) is 5.32 Å². The highest BCUT2D eigenvalue weighted by Gasteiger charge is 2.12. The molecule has 0 fully saturated rings. The van der Waals surface area contributed by atoms with Gasteiger partial charge in [-0.05, 0) is 42.3 Å². The lowest BCUT2D eigenvalue weighted by Crippen LogP contribution is -2.20. The second-order valence-electron chi connectivity index (χ2n) is 5.87. The minimum atomic E-state index is 0.0347. The standard InChI is InChI=1S/C20H24BrCl2NO4/c1-2-27-19-10-15(12-24-5-7-26-8-6-25)16(21)11-20(19)28-13-14-3-4-17(22)18(23)9-14/h3-4,9-11,24-25H,2,5-8,12-13H2,1H3. The highest BCUT2D eigenvalue weighted by atomic mass is 79.9. The molecule has 0 atom stereocenters. The highest BCUT2D eigenvalue weighted by molar-refractivity contribution is 9.10. The zero-order chi connectivity index (χ0) is 20.4. The molecule has 0 aliphatic heterocycles. The number of benzene rings is 2. The van der Waals surface area contributed by atoms with Gasteiger partial charge >= 0.3 is 0 Å². The molecular weight excluding hydrogens is 469 g/mol. The first-order valence-electron chi connectivity index (χ1n) is 8.96. The Morgan fingerprint density at radius 2 is 1.82 bits per heavy atom. The van der Waals surface area contributed by atoms with Crippen LogP contribution in [0, 0.1) is 0 Å². The molecule has 0 amide bonds. The fourth-order valence-corrected chi connectivity index (χ4v) is 3.20. The Morgan fingerprint density at radius 1 is 1.04 bits per heavy atom. The molecule has 8 heteroatoms. The summed E-state index contributed by atoms with van der Waals surface area (Å²) in [5.74, 6) is 1.33. The Bertz CT molecular complexity index is 761. The number of hydrogen-bond donors (Lipinski definition) is 2. The van der Waals surface area contributed by atoms with Gasteiger partial charge in [0.2, 0.25) is 0 Å². The predicted molar refractivity (Wildman–Crippen MR) is 116 cm³/mol. The normalized spacial score (nSPS) is 10.9. The summed E-state index contributed by atoms with van der Waals surface area (Å²) in [4.78, 5) is 0. The van der Waals surface area contributed by atoms with Crippen LogP contribution < -0.4 is 14.8 Å². The second kappa shape index (κ2) is 12.5. The Balaban J connectivity index is 2.01. The first-order valence-corrected chi connectivity index (χ1v) is 10.5. The van der Waals surface area contributed by atoms with Crippen molar-refractivity contribution in [2.24, 2.45) is 0 Å². The maximum Gasteiger partial charge on any atom is 0.162 e. The minimum Gasteiger partial charge on any atom is -0.490 e. The molecule has 0 heterocycles. The summed E-state index contributed by atoms with van der Waals surface area (Å²) >= 11 is 15.6. The van der Waals surface area contributed by atoms with Crippen LogP contribution in [0.1, 0.15) is 18.1 Å². The van der Waals surface area contributed by atoms with Crippen LogP contribution in [-0.4, -0.2) is 38.1 Å². The Labute approximate surface area is 184 Å². The summed E-state index contributed by atoms with van der Waals surface area (Å²) in [6.45, 7) is 5.08. The fraction of sp³-hybridized carbons (Fsp3) is 0.400. The Hall–Kier alpha value is -1.02. The van der Waals surface area contributed by atoms with Crippen LogP contribution in [0.15, 0.2) is 34.8 Å². The van der Waals surface area contributed by atoms with Crippen molar-refractivity contribution >= 4 is 39.1 Å². The van der Waals surface area contributed by atoms with Crippen molar-refractivity contribution in [2.45, 2.75) is 20.1 Å². The molecule has 0 aromatic heterocycles. The van der Waals surface area contributed by atoms with Gasteiger partial charge in [-0.3, -0.25) is 0 Å². The smallest absolute Gasteiger partial charge is 0.162 e. The van der Waals surface area contributed by atoms with Crippen LogP contribution in [0.2, 0.25) is 10.0 Å².